The predicted octanol–water partition coefficient (Wildman–Crippen LogP) is 1.95. The third kappa shape index (κ3) is 3.28. The molecular weight excluding hydrogens is 242 g/mol. The van der Waals surface area contributed by atoms with E-state index in [1.54, 1.807) is 6.07 Å². The molecule has 1 saturated heterocycles. The fourth-order valence-electron chi connectivity index (χ4n) is 1.72. The monoisotopic (exact) mass is 255 g/mol. The van der Waals surface area contributed by atoms with Gasteiger partial charge in [-0.25, -0.2) is 4.79 Å². The number of anilines is 1. The maximum absolute atomic E-state index is 11.6. The van der Waals surface area contributed by atoms with Crippen LogP contribution in [0.25, 0.3) is 0 Å². The van der Waals surface area contributed by atoms with Gasteiger partial charge in [0.05, 0.1) is 17.5 Å². The lowest BCUT2D eigenvalue weighted by molar-refractivity contribution is -0.118. The molecule has 5 nitrogen and oxygen atoms in total. The smallest absolute Gasteiger partial charge is 0.345 e. The number of thiophene rings is 1. The Bertz CT molecular complexity index is 423. The van der Waals surface area contributed by atoms with Gasteiger partial charge in [-0.15, -0.1) is 11.3 Å². The van der Waals surface area contributed by atoms with Crippen LogP contribution in [0, 0.1) is 0 Å². The van der Waals surface area contributed by atoms with Crippen molar-refractivity contribution in [3.63, 3.8) is 0 Å². The average molecular weight is 255 g/mol. The molecule has 6 heteroatoms. The second kappa shape index (κ2) is 5.29. The summed E-state index contributed by atoms with van der Waals surface area (Å²) in [5, 5.41) is 12.0. The number of carboxylic acid groups (broad SMARTS) is 1. The highest BCUT2D eigenvalue weighted by Crippen LogP contribution is 2.23. The van der Waals surface area contributed by atoms with E-state index in [9.17, 15) is 9.59 Å². The summed E-state index contributed by atoms with van der Waals surface area (Å²) in [7, 11) is 0. The molecule has 0 saturated carbocycles. The van der Waals surface area contributed by atoms with Crippen LogP contribution in [0.2, 0.25) is 0 Å². The molecule has 2 heterocycles. The predicted molar refractivity (Wildman–Crippen MR) is 63.5 cm³/mol. The summed E-state index contributed by atoms with van der Waals surface area (Å²) < 4.78 is 5.35. The first-order chi connectivity index (χ1) is 8.15. The molecule has 17 heavy (non-hydrogen) atoms. The van der Waals surface area contributed by atoms with Crippen LogP contribution in [-0.4, -0.2) is 29.7 Å². The summed E-state index contributed by atoms with van der Waals surface area (Å²) in [6.07, 6.45) is 2.26. The van der Waals surface area contributed by atoms with E-state index in [0.29, 0.717) is 11.4 Å². The highest BCUT2D eigenvalue weighted by molar-refractivity contribution is 7.18. The molecule has 1 aromatic heterocycles. The van der Waals surface area contributed by atoms with Gasteiger partial charge in [-0.3, -0.25) is 4.79 Å². The largest absolute Gasteiger partial charge is 0.477 e. The minimum absolute atomic E-state index is 0.00825. The Morgan fingerprint density at radius 3 is 2.94 bits per heavy atom. The number of carbonyl (C=O) groups is 2. The number of hydrogen-bond donors (Lipinski definition) is 2. The molecule has 0 aliphatic carbocycles. The molecule has 0 bridgehead atoms. The number of nitrogens with one attached hydrogen (secondary N) is 1. The van der Waals surface area contributed by atoms with Gasteiger partial charge in [0, 0.05) is 6.61 Å². The SMILES string of the molecule is O=C(CC1CCCO1)Nc1ccc(C(=O)O)s1. The van der Waals surface area contributed by atoms with E-state index < -0.39 is 5.97 Å². The van der Waals surface area contributed by atoms with Gasteiger partial charge in [-0.2, -0.15) is 0 Å². The minimum atomic E-state index is -0.977. The molecular formula is C11H13NO4S. The number of carbonyl (C=O) groups excluding carboxylic acids is 1. The minimum Gasteiger partial charge on any atom is -0.477 e. The van der Waals surface area contributed by atoms with Crippen molar-refractivity contribution in [2.24, 2.45) is 0 Å². The van der Waals surface area contributed by atoms with E-state index in [0.717, 1.165) is 30.8 Å². The van der Waals surface area contributed by atoms with E-state index >= 15 is 0 Å². The lowest BCUT2D eigenvalue weighted by Crippen LogP contribution is -2.18. The zero-order chi connectivity index (χ0) is 12.3. The third-order valence-corrected chi connectivity index (χ3v) is 3.51. The van der Waals surface area contributed by atoms with Gasteiger partial charge in [-0.1, -0.05) is 0 Å². The summed E-state index contributed by atoms with van der Waals surface area (Å²) >= 11 is 1.05. The lowest BCUT2D eigenvalue weighted by Gasteiger charge is -2.08. The van der Waals surface area contributed by atoms with Crippen LogP contribution >= 0.6 is 11.3 Å². The fourth-order valence-corrected chi connectivity index (χ4v) is 2.48. The first-order valence-corrected chi connectivity index (χ1v) is 6.21. The van der Waals surface area contributed by atoms with Gasteiger partial charge >= 0.3 is 5.97 Å². The molecule has 0 radical (unpaired) electrons. The summed E-state index contributed by atoms with van der Waals surface area (Å²) in [5.41, 5.74) is 0. The van der Waals surface area contributed by atoms with Crippen molar-refractivity contribution in [2.45, 2.75) is 25.4 Å². The highest BCUT2D eigenvalue weighted by Gasteiger charge is 2.19. The van der Waals surface area contributed by atoms with Gasteiger partial charge < -0.3 is 15.2 Å². The summed E-state index contributed by atoms with van der Waals surface area (Å²) in [6, 6.07) is 3.08. The van der Waals surface area contributed by atoms with Crippen molar-refractivity contribution < 1.29 is 19.4 Å². The van der Waals surface area contributed by atoms with Crippen LogP contribution in [0.15, 0.2) is 12.1 Å². The molecule has 0 aromatic carbocycles. The van der Waals surface area contributed by atoms with Crippen molar-refractivity contribution in [3.05, 3.63) is 17.0 Å². The Balaban J connectivity index is 1.86. The van der Waals surface area contributed by atoms with Crippen molar-refractivity contribution in [3.8, 4) is 0 Å². The Kier molecular flexibility index (Phi) is 3.75. The Labute approximate surface area is 102 Å². The molecule has 0 spiro atoms. The number of ether oxygens (including phenoxy) is 1. The molecule has 1 aliphatic rings. The van der Waals surface area contributed by atoms with Crippen molar-refractivity contribution in [1.82, 2.24) is 0 Å². The van der Waals surface area contributed by atoms with Crippen LogP contribution < -0.4 is 5.32 Å². The van der Waals surface area contributed by atoms with Crippen molar-refractivity contribution in [1.29, 1.82) is 0 Å². The fraction of sp³-hybridized carbons (Fsp3) is 0.455. The van der Waals surface area contributed by atoms with Gasteiger partial charge in [0.1, 0.15) is 4.88 Å². The van der Waals surface area contributed by atoms with Gasteiger partial charge in [0.25, 0.3) is 0 Å². The highest BCUT2D eigenvalue weighted by atomic mass is 32.1. The second-order valence-corrected chi connectivity index (χ2v) is 4.94. The number of hydrogen-bond acceptors (Lipinski definition) is 4. The molecule has 2 N–H and O–H groups in total. The first kappa shape index (κ1) is 12.1. The average Bonchev–Trinajstić information content (AvgIpc) is 2.88. The Morgan fingerprint density at radius 2 is 2.35 bits per heavy atom. The number of rotatable bonds is 4. The Morgan fingerprint density at radius 1 is 1.53 bits per heavy atom. The molecule has 1 atom stereocenters. The van der Waals surface area contributed by atoms with Crippen molar-refractivity contribution >= 4 is 28.2 Å². The van der Waals surface area contributed by atoms with E-state index in [1.165, 1.54) is 6.07 Å². The van der Waals surface area contributed by atoms with Crippen molar-refractivity contribution in [2.75, 3.05) is 11.9 Å². The molecule has 1 aliphatic heterocycles. The molecule has 1 amide bonds. The van der Waals surface area contributed by atoms with Gasteiger partial charge in [0.2, 0.25) is 5.91 Å². The van der Waals surface area contributed by atoms with Crippen LogP contribution in [0.3, 0.4) is 0 Å². The third-order valence-electron chi connectivity index (χ3n) is 2.52. The van der Waals surface area contributed by atoms with Crippen LogP contribution in [0.5, 0.6) is 0 Å². The van der Waals surface area contributed by atoms with E-state index in [2.05, 4.69) is 5.32 Å². The normalized spacial score (nSPS) is 19.2. The van der Waals surface area contributed by atoms with Gasteiger partial charge in [0.15, 0.2) is 0 Å². The summed E-state index contributed by atoms with van der Waals surface area (Å²) in [6.45, 7) is 0.722. The molecule has 1 fully saturated rings. The van der Waals surface area contributed by atoms with Crippen LogP contribution in [-0.2, 0) is 9.53 Å². The number of carboxylic acids is 1. The molecule has 1 unspecified atom stereocenters. The maximum Gasteiger partial charge on any atom is 0.345 e. The van der Waals surface area contributed by atoms with Crippen LogP contribution in [0.1, 0.15) is 28.9 Å². The van der Waals surface area contributed by atoms with Crippen LogP contribution in [0.4, 0.5) is 5.00 Å². The maximum atomic E-state index is 11.6. The first-order valence-electron chi connectivity index (χ1n) is 5.40. The van der Waals surface area contributed by atoms with Gasteiger partial charge in [-0.05, 0) is 25.0 Å². The quantitative estimate of drug-likeness (QED) is 0.862. The second-order valence-electron chi connectivity index (χ2n) is 3.86. The van der Waals surface area contributed by atoms with E-state index in [1.807, 2.05) is 0 Å². The number of amides is 1. The zero-order valence-electron chi connectivity index (χ0n) is 9.14. The summed E-state index contributed by atoms with van der Waals surface area (Å²) in [5.74, 6) is -1.11. The van der Waals surface area contributed by atoms with E-state index in [-0.39, 0.29) is 16.9 Å². The molecule has 1 aromatic rings. The topological polar surface area (TPSA) is 75.6 Å². The molecule has 2 rings (SSSR count). The standard InChI is InChI=1S/C11H13NO4S/c13-9(6-7-2-1-5-16-7)12-10-4-3-8(17-10)11(14)15/h3-4,7H,1-2,5-6H2,(H,12,13)(H,14,15). The number of aromatic carboxylic acids is 1. The molecule has 92 valence electrons. The lowest BCUT2D eigenvalue weighted by atomic mass is 10.2. The van der Waals surface area contributed by atoms with E-state index in [4.69, 9.17) is 9.84 Å². The zero-order valence-corrected chi connectivity index (χ0v) is 9.96. The Hall–Kier alpha value is -1.40. The summed E-state index contributed by atoms with van der Waals surface area (Å²) in [4.78, 5) is 22.5.